The average Bonchev–Trinajstić information content (AvgIpc) is 1.62. The predicted molar refractivity (Wildman–Crippen MR) is 560 cm³/mol. The third-order valence-corrected chi connectivity index (χ3v) is 23.1. The highest BCUT2D eigenvalue weighted by atomic mass is 35.5. The number of benzene rings is 7. The Morgan fingerprint density at radius 2 is 0.721 bits per heavy atom. The number of halogens is 4. The maximum atomic E-state index is 12.9. The summed E-state index contributed by atoms with van der Waals surface area (Å²) >= 11 is 9.53. The normalized spacial score (nSPS) is 12.6. The number of carbonyl (C=O) groups excluding carboxylic acids is 6. The fourth-order valence-electron chi connectivity index (χ4n) is 15.8. The van der Waals surface area contributed by atoms with Crippen LogP contribution in [0.3, 0.4) is 0 Å². The summed E-state index contributed by atoms with van der Waals surface area (Å²) in [7, 11) is -1.46. The van der Waals surface area contributed by atoms with Crippen LogP contribution in [0.2, 0.25) is 0 Å². The van der Waals surface area contributed by atoms with Crippen molar-refractivity contribution in [2.45, 2.75) is 100.0 Å². The van der Waals surface area contributed by atoms with Gasteiger partial charge in [-0.25, -0.2) is 21.7 Å². The first-order valence-electron chi connectivity index (χ1n) is 44.3. The van der Waals surface area contributed by atoms with E-state index < -0.39 is 19.1 Å². The number of pyridine rings is 5. The van der Waals surface area contributed by atoms with Crippen LogP contribution in [-0.2, 0) is 33.6 Å². The Morgan fingerprint density at radius 1 is 0.393 bits per heavy atom. The SMILES string of the molecule is C[C@H](CCc1ccccc1)C(=O)O.Cc1cc2c3c(c(-c4ccc(C)nc4)[nH]c3c1)C=NNC2=O.Cc1ccc(-c2[nH]c3cc(N)cc4c3c2C=NNC4=O)cn1.Cc1ccc(-c2[nH]c3cc(NC(=O)[C@H](C)CCc4ccccc4)cc4c3c2C=NNC4=O)cn1.Cc1ccc(-c2[nH]c3cc(NC(=O)[C@H](N)CCc4ccccc4)cc4c3c2C=NNC4=O)cn1.Cc1ccc(B(O)O)nc1.Cl.Cl.ClCCl. The number of nitrogens with one attached hydrogen (secondary N) is 10. The van der Waals surface area contributed by atoms with Gasteiger partial charge in [-0.3, -0.25) is 58.5 Å². The summed E-state index contributed by atoms with van der Waals surface area (Å²) in [6.07, 6.45) is 19.7. The number of aryl methyl sites for hydroxylation is 9. The fourth-order valence-corrected chi connectivity index (χ4v) is 15.8. The first-order valence-corrected chi connectivity index (χ1v) is 45.3. The number of nitrogen functional groups attached to an aromatic ring is 1. The molecule has 0 saturated carbocycles. The zero-order valence-corrected chi connectivity index (χ0v) is 80.6. The first-order chi connectivity index (χ1) is 66.6. The molecule has 9 aromatic heterocycles. The number of amides is 6. The van der Waals surface area contributed by atoms with Crippen molar-refractivity contribution in [3.63, 3.8) is 0 Å². The van der Waals surface area contributed by atoms with E-state index in [0.717, 1.165) is 164 Å². The fraction of sp³-hybridized carbons (Fsp3) is 0.173. The van der Waals surface area contributed by atoms with Gasteiger partial charge in [-0.1, -0.05) is 111 Å². The minimum absolute atomic E-state index is 0. The van der Waals surface area contributed by atoms with Crippen LogP contribution in [-0.4, -0.2) is 145 Å². The molecular formula is C104H102BCl4N21O10. The molecule has 4 aliphatic heterocycles. The van der Waals surface area contributed by atoms with Gasteiger partial charge in [0.05, 0.1) is 92.8 Å². The van der Waals surface area contributed by atoms with Crippen LogP contribution in [0.15, 0.2) is 252 Å². The molecule has 714 valence electrons. The van der Waals surface area contributed by atoms with E-state index in [-0.39, 0.29) is 83.0 Å². The van der Waals surface area contributed by atoms with E-state index in [1.165, 1.54) is 11.1 Å². The maximum absolute atomic E-state index is 12.9. The number of hydrogen-bond donors (Lipinski definition) is 15. The van der Waals surface area contributed by atoms with Gasteiger partial charge in [-0.05, 0) is 211 Å². The molecule has 0 radical (unpaired) electrons. The zero-order chi connectivity index (χ0) is 97.8. The summed E-state index contributed by atoms with van der Waals surface area (Å²) in [5.41, 5.74) is 49.0. The van der Waals surface area contributed by atoms with Gasteiger partial charge in [0.15, 0.2) is 0 Å². The van der Waals surface area contributed by atoms with Gasteiger partial charge in [0.2, 0.25) is 11.8 Å². The lowest BCUT2D eigenvalue weighted by atomic mass is 9.85. The first kappa shape index (κ1) is 103. The number of aliphatic carboxylic acids is 1. The summed E-state index contributed by atoms with van der Waals surface area (Å²) in [5, 5.41) is 51.3. The van der Waals surface area contributed by atoms with Crippen LogP contribution in [0, 0.1) is 53.4 Å². The van der Waals surface area contributed by atoms with Gasteiger partial charge in [0, 0.05) is 165 Å². The van der Waals surface area contributed by atoms with Crippen LogP contribution in [0.5, 0.6) is 0 Å². The number of aromatic amines is 4. The molecule has 7 aromatic carbocycles. The molecule has 140 heavy (non-hydrogen) atoms. The minimum Gasteiger partial charge on any atom is -0.481 e. The molecule has 13 heterocycles. The Kier molecular flexibility index (Phi) is 35.3. The van der Waals surface area contributed by atoms with Crippen molar-refractivity contribution in [1.82, 2.24) is 66.6 Å². The molecule has 4 aliphatic rings. The second-order valence-electron chi connectivity index (χ2n) is 33.4. The molecule has 0 unspecified atom stereocenters. The molecule has 3 atom stereocenters. The van der Waals surface area contributed by atoms with Crippen molar-refractivity contribution in [1.29, 1.82) is 0 Å². The van der Waals surface area contributed by atoms with Gasteiger partial charge in [0.25, 0.3) is 23.6 Å². The van der Waals surface area contributed by atoms with E-state index >= 15 is 0 Å². The molecule has 6 amide bonds. The quantitative estimate of drug-likeness (QED) is 0.0203. The monoisotopic (exact) mass is 1960 g/mol. The van der Waals surface area contributed by atoms with E-state index in [0.29, 0.717) is 64.1 Å². The molecule has 0 aliphatic carbocycles. The Balaban J connectivity index is 0.000000155. The number of alkyl halides is 2. The van der Waals surface area contributed by atoms with Crippen LogP contribution in [0.25, 0.3) is 88.6 Å². The van der Waals surface area contributed by atoms with E-state index in [4.69, 9.17) is 49.8 Å². The smallest absolute Gasteiger partial charge is 0.481 e. The number of H-pyrrole nitrogens is 4. The standard InChI is InChI=1S/C27H25N5O2.C26H24N6O2.C17H14N4O.C16H13N5O.C11H14O2.C6H8BNO2.CH2Cl2.2ClH/c1-16(8-10-18-6-4-3-5-7-18)26(33)30-20-12-21-24-22(15-29-32-27(21)34)25(31-23(24)13-20)19-11-9-17(2)28-14-19;1-15-7-9-17(13-28-15)24-20-14-29-32-25(33)19-11-18(12-22(31-24)23(19)20)30-26(34)21(27)10-8-16-5-3-2-4-6-16;1-9-5-12-15-13(8-19-21-17(12)22)16(20-14(15)6-9)11-4-3-10(2)18-7-11;1-8-2-3-9(6-18-8)15-12-7-19-21-16(22)11-4-10(17)5-13(20-15)14(11)12;1-9(11(12)13)7-8-10-5-3-2-4-6-10;1-5-2-3-6(7(9)10)8-4-5;2-1-3;;/h3-7,9,11-16,31H,8,10H2,1-2H3,(H,30,33)(H,32,34);2-7,9,11-14,21,31H,8,10,27H2,1H3,(H,30,34)(H,32,33);3-8,20H,1-2H3,(H,21,22);2-7,20H,17H2,1H3,(H,21,22);2-6,9H,7-8H2,1H3,(H,12,13);2-4,9-10H,1H3;1H2;2*1H/t16-;21-;;;9-;;;;/m11..1..../s1. The number of carbonyl (C=O) groups is 7. The highest BCUT2D eigenvalue weighted by molar-refractivity contribution is 6.57. The second kappa shape index (κ2) is 47.9. The predicted octanol–water partition coefficient (Wildman–Crippen LogP) is 17.1. The van der Waals surface area contributed by atoms with Gasteiger partial charge in [-0.15, -0.1) is 48.0 Å². The summed E-state index contributed by atoms with van der Waals surface area (Å²) in [5.74, 6) is -2.64. The third kappa shape index (κ3) is 25.6. The Hall–Kier alpha value is -15.7. The maximum Gasteiger partial charge on any atom is 0.508 e. The van der Waals surface area contributed by atoms with Crippen LogP contribution in [0.4, 0.5) is 17.1 Å². The highest BCUT2D eigenvalue weighted by Crippen LogP contribution is 2.40. The van der Waals surface area contributed by atoms with Crippen molar-refractivity contribution >= 4 is 188 Å². The molecular weight excluding hydrogens is 1860 g/mol. The lowest BCUT2D eigenvalue weighted by Gasteiger charge is -2.13. The lowest BCUT2D eigenvalue weighted by Crippen LogP contribution is -2.36. The van der Waals surface area contributed by atoms with E-state index in [1.807, 2.05) is 212 Å². The third-order valence-electron chi connectivity index (χ3n) is 23.1. The van der Waals surface area contributed by atoms with Crippen LogP contribution in [0.1, 0.15) is 147 Å². The largest absolute Gasteiger partial charge is 0.508 e. The van der Waals surface area contributed by atoms with Crippen molar-refractivity contribution in [2.75, 3.05) is 21.7 Å². The summed E-state index contributed by atoms with van der Waals surface area (Å²) < 4.78 is 0. The molecule has 36 heteroatoms. The van der Waals surface area contributed by atoms with Crippen molar-refractivity contribution in [3.8, 4) is 45.0 Å². The molecule has 0 spiro atoms. The minimum atomic E-state index is -1.46. The second-order valence-corrected chi connectivity index (χ2v) is 34.2. The number of anilines is 3. The van der Waals surface area contributed by atoms with Gasteiger partial charge in [-0.2, -0.15) is 20.4 Å². The summed E-state index contributed by atoms with van der Waals surface area (Å²) in [4.78, 5) is 121. The number of hydrazone groups is 4. The Bertz CT molecular complexity index is 6910. The number of nitrogens with zero attached hydrogens (tertiary/aromatic N) is 9. The zero-order valence-electron chi connectivity index (χ0n) is 77.5. The molecule has 17 N–H and O–H groups in total. The number of nitrogens with two attached hydrogens (primary N) is 2. The number of rotatable bonds is 19. The Labute approximate surface area is 828 Å². The number of carboxylic acid groups (broad SMARTS) is 1. The molecule has 16 aromatic rings. The van der Waals surface area contributed by atoms with Crippen LogP contribution < -0.4 is 49.4 Å². The molecule has 0 saturated heterocycles. The van der Waals surface area contributed by atoms with Crippen LogP contribution >= 0.6 is 48.0 Å². The number of hydrogen-bond acceptors (Lipinski definition) is 20. The van der Waals surface area contributed by atoms with Crippen molar-refractivity contribution in [2.24, 2.45) is 38.0 Å². The van der Waals surface area contributed by atoms with Crippen molar-refractivity contribution in [3.05, 3.63) is 326 Å². The average molecular weight is 1960 g/mol. The molecule has 0 fully saturated rings. The van der Waals surface area contributed by atoms with E-state index in [1.54, 1.807) is 86.9 Å². The molecule has 20 rings (SSSR count). The van der Waals surface area contributed by atoms with Gasteiger partial charge in [0.1, 0.15) is 0 Å². The molecule has 0 bridgehead atoms. The van der Waals surface area contributed by atoms with Gasteiger partial charge >= 0.3 is 13.1 Å². The van der Waals surface area contributed by atoms with Gasteiger partial charge < -0.3 is 57.2 Å². The van der Waals surface area contributed by atoms with E-state index in [9.17, 15) is 33.6 Å². The number of carboxylic acids is 1. The lowest BCUT2D eigenvalue weighted by molar-refractivity contribution is -0.141. The highest BCUT2D eigenvalue weighted by Gasteiger charge is 2.29. The topological polar surface area (TPSA) is 481 Å². The summed E-state index contributed by atoms with van der Waals surface area (Å²) in [6.45, 7) is 15.3. The Morgan fingerprint density at radius 3 is 1.06 bits per heavy atom. The van der Waals surface area contributed by atoms with E-state index in [2.05, 4.69) is 110 Å². The number of aromatic nitrogens is 9. The molecule has 31 nitrogen and oxygen atoms in total. The summed E-state index contributed by atoms with van der Waals surface area (Å²) in [6, 6.07) is 62.8. The van der Waals surface area contributed by atoms with Crippen molar-refractivity contribution < 1.29 is 48.7 Å².